The van der Waals surface area contributed by atoms with E-state index in [1.54, 1.807) is 0 Å². The van der Waals surface area contributed by atoms with Crippen LogP contribution in [0.25, 0.3) is 0 Å². The highest BCUT2D eigenvalue weighted by atomic mass is 35.5. The molecule has 6 heteroatoms. The van der Waals surface area contributed by atoms with E-state index in [2.05, 4.69) is 29.5 Å². The van der Waals surface area contributed by atoms with Crippen molar-refractivity contribution in [1.82, 2.24) is 10.3 Å². The largest absolute Gasteiger partial charge is 0.317 e. The summed E-state index contributed by atoms with van der Waals surface area (Å²) in [7, 11) is 0. The molecule has 1 fully saturated rings. The van der Waals surface area contributed by atoms with Crippen LogP contribution in [0, 0.1) is 5.92 Å². The first-order valence-electron chi connectivity index (χ1n) is 7.11. The number of halogens is 1. The van der Waals surface area contributed by atoms with Crippen LogP contribution in [-0.4, -0.2) is 24.0 Å². The predicted molar refractivity (Wildman–Crippen MR) is 86.9 cm³/mol. The average Bonchev–Trinajstić information content (AvgIpc) is 2.86. The van der Waals surface area contributed by atoms with Crippen molar-refractivity contribution in [3.05, 3.63) is 11.1 Å². The molecule has 2 rings (SSSR count). The van der Waals surface area contributed by atoms with Gasteiger partial charge in [0.25, 0.3) is 0 Å². The number of nitrogens with one attached hydrogen (secondary N) is 2. The standard InChI is InChI=1S/C14H23N3OS.ClH/c1-10(2)12-9-19-14(16-12)17-13(18)4-3-11-5-7-15-8-6-11;/h9-11,15H,3-8H2,1-2H3,(H,16,17,18);1H. The molecule has 114 valence electrons. The molecule has 20 heavy (non-hydrogen) atoms. The van der Waals surface area contributed by atoms with Crippen LogP contribution in [0.1, 0.15) is 51.1 Å². The monoisotopic (exact) mass is 317 g/mol. The van der Waals surface area contributed by atoms with Gasteiger partial charge < -0.3 is 10.6 Å². The first-order valence-corrected chi connectivity index (χ1v) is 7.99. The number of anilines is 1. The third-order valence-electron chi connectivity index (χ3n) is 3.60. The topological polar surface area (TPSA) is 54.0 Å². The molecule has 1 aromatic heterocycles. The van der Waals surface area contributed by atoms with Gasteiger partial charge in [0.05, 0.1) is 5.69 Å². The second-order valence-electron chi connectivity index (χ2n) is 5.51. The molecule has 0 saturated carbocycles. The summed E-state index contributed by atoms with van der Waals surface area (Å²) >= 11 is 1.51. The lowest BCUT2D eigenvalue weighted by molar-refractivity contribution is -0.116. The summed E-state index contributed by atoms with van der Waals surface area (Å²) in [6.07, 6.45) is 4.00. The lowest BCUT2D eigenvalue weighted by Crippen LogP contribution is -2.28. The van der Waals surface area contributed by atoms with E-state index in [1.807, 2.05) is 5.38 Å². The van der Waals surface area contributed by atoms with E-state index in [-0.39, 0.29) is 18.3 Å². The summed E-state index contributed by atoms with van der Waals surface area (Å²) < 4.78 is 0. The number of amides is 1. The van der Waals surface area contributed by atoms with Gasteiger partial charge in [0.15, 0.2) is 5.13 Å². The molecule has 1 aliphatic rings. The van der Waals surface area contributed by atoms with E-state index in [0.717, 1.165) is 30.3 Å². The molecule has 0 bridgehead atoms. The van der Waals surface area contributed by atoms with Gasteiger partial charge in [-0.25, -0.2) is 4.98 Å². The van der Waals surface area contributed by atoms with Crippen molar-refractivity contribution in [2.45, 2.75) is 45.4 Å². The number of piperidine rings is 1. The Morgan fingerprint density at radius 1 is 1.50 bits per heavy atom. The Bertz CT molecular complexity index is 416. The number of nitrogens with zero attached hydrogens (tertiary/aromatic N) is 1. The van der Waals surface area contributed by atoms with Crippen molar-refractivity contribution < 1.29 is 4.79 Å². The van der Waals surface area contributed by atoms with Crippen LogP contribution in [0.4, 0.5) is 5.13 Å². The van der Waals surface area contributed by atoms with Crippen molar-refractivity contribution in [1.29, 1.82) is 0 Å². The quantitative estimate of drug-likeness (QED) is 0.875. The van der Waals surface area contributed by atoms with Crippen LogP contribution < -0.4 is 10.6 Å². The number of hydrogen-bond donors (Lipinski definition) is 2. The van der Waals surface area contributed by atoms with Gasteiger partial charge >= 0.3 is 0 Å². The van der Waals surface area contributed by atoms with Gasteiger partial charge in [-0.15, -0.1) is 23.7 Å². The smallest absolute Gasteiger partial charge is 0.226 e. The molecule has 1 saturated heterocycles. The highest BCUT2D eigenvalue weighted by Gasteiger charge is 2.15. The lowest BCUT2D eigenvalue weighted by atomic mass is 9.93. The van der Waals surface area contributed by atoms with Crippen molar-refractivity contribution in [3.8, 4) is 0 Å². The van der Waals surface area contributed by atoms with E-state index >= 15 is 0 Å². The molecule has 0 aliphatic carbocycles. The molecular weight excluding hydrogens is 294 g/mol. The van der Waals surface area contributed by atoms with Crippen LogP contribution >= 0.6 is 23.7 Å². The van der Waals surface area contributed by atoms with Crippen LogP contribution in [0.5, 0.6) is 0 Å². The minimum atomic E-state index is 0. The Morgan fingerprint density at radius 3 is 2.80 bits per heavy atom. The molecule has 0 spiro atoms. The normalized spacial score (nSPS) is 15.9. The van der Waals surface area contributed by atoms with Gasteiger partial charge in [0, 0.05) is 11.8 Å². The zero-order valence-corrected chi connectivity index (χ0v) is 13.8. The van der Waals surface area contributed by atoms with Gasteiger partial charge in [-0.2, -0.15) is 0 Å². The number of rotatable bonds is 5. The summed E-state index contributed by atoms with van der Waals surface area (Å²) in [4.78, 5) is 16.3. The molecule has 2 heterocycles. The third kappa shape index (κ3) is 5.38. The van der Waals surface area contributed by atoms with E-state index in [9.17, 15) is 4.79 Å². The minimum Gasteiger partial charge on any atom is -0.317 e. The van der Waals surface area contributed by atoms with Gasteiger partial charge in [-0.05, 0) is 44.2 Å². The van der Waals surface area contributed by atoms with Gasteiger partial charge in [-0.1, -0.05) is 13.8 Å². The van der Waals surface area contributed by atoms with Crippen molar-refractivity contribution in [2.24, 2.45) is 5.92 Å². The highest BCUT2D eigenvalue weighted by molar-refractivity contribution is 7.13. The highest BCUT2D eigenvalue weighted by Crippen LogP contribution is 2.22. The predicted octanol–water partition coefficient (Wildman–Crippen LogP) is 3.41. The van der Waals surface area contributed by atoms with Crippen LogP contribution in [0.3, 0.4) is 0 Å². The number of carbonyl (C=O) groups is 1. The molecular formula is C14H24ClN3OS. The fourth-order valence-electron chi connectivity index (χ4n) is 2.30. The fraction of sp³-hybridized carbons (Fsp3) is 0.714. The molecule has 1 amide bonds. The molecule has 0 atom stereocenters. The van der Waals surface area contributed by atoms with Crippen LogP contribution in [0.15, 0.2) is 5.38 Å². The Morgan fingerprint density at radius 2 is 2.20 bits per heavy atom. The zero-order valence-electron chi connectivity index (χ0n) is 12.1. The second kappa shape index (κ2) is 8.60. The molecule has 0 aromatic carbocycles. The maximum atomic E-state index is 11.9. The van der Waals surface area contributed by atoms with E-state index in [1.165, 1.54) is 24.2 Å². The van der Waals surface area contributed by atoms with Crippen LogP contribution in [0.2, 0.25) is 0 Å². The zero-order chi connectivity index (χ0) is 13.7. The molecule has 1 aliphatic heterocycles. The number of hydrogen-bond acceptors (Lipinski definition) is 4. The first-order chi connectivity index (χ1) is 9.15. The van der Waals surface area contributed by atoms with E-state index in [0.29, 0.717) is 18.3 Å². The fourth-order valence-corrected chi connectivity index (χ4v) is 3.18. The van der Waals surface area contributed by atoms with E-state index in [4.69, 9.17) is 0 Å². The van der Waals surface area contributed by atoms with Gasteiger partial charge in [0.2, 0.25) is 5.91 Å². The van der Waals surface area contributed by atoms with Crippen molar-refractivity contribution in [3.63, 3.8) is 0 Å². The maximum absolute atomic E-state index is 11.9. The SMILES string of the molecule is CC(C)c1csc(NC(=O)CCC2CCNCC2)n1.Cl. The molecule has 1 aromatic rings. The number of aromatic nitrogens is 1. The summed E-state index contributed by atoms with van der Waals surface area (Å²) in [5, 5.41) is 9.01. The van der Waals surface area contributed by atoms with Crippen LogP contribution in [-0.2, 0) is 4.79 Å². The molecule has 2 N–H and O–H groups in total. The Kier molecular flexibility index (Phi) is 7.48. The number of thiazole rings is 1. The Balaban J connectivity index is 0.00000200. The maximum Gasteiger partial charge on any atom is 0.226 e. The Hall–Kier alpha value is -0.650. The third-order valence-corrected chi connectivity index (χ3v) is 4.37. The van der Waals surface area contributed by atoms with Gasteiger partial charge in [0.1, 0.15) is 0 Å². The molecule has 0 unspecified atom stereocenters. The van der Waals surface area contributed by atoms with Gasteiger partial charge in [-0.3, -0.25) is 4.79 Å². The summed E-state index contributed by atoms with van der Waals surface area (Å²) in [6.45, 7) is 6.41. The van der Waals surface area contributed by atoms with Crippen molar-refractivity contribution >= 4 is 34.8 Å². The second-order valence-corrected chi connectivity index (χ2v) is 6.37. The average molecular weight is 318 g/mol. The Labute approximate surface area is 131 Å². The van der Waals surface area contributed by atoms with E-state index < -0.39 is 0 Å². The summed E-state index contributed by atoms with van der Waals surface area (Å²) in [5.41, 5.74) is 1.05. The first kappa shape index (κ1) is 17.4. The lowest BCUT2D eigenvalue weighted by Gasteiger charge is -2.21. The number of carbonyl (C=O) groups excluding carboxylic acids is 1. The molecule has 4 nitrogen and oxygen atoms in total. The minimum absolute atomic E-state index is 0. The summed E-state index contributed by atoms with van der Waals surface area (Å²) in [5.74, 6) is 1.22. The summed E-state index contributed by atoms with van der Waals surface area (Å²) in [6, 6.07) is 0. The van der Waals surface area contributed by atoms with Crippen molar-refractivity contribution in [2.75, 3.05) is 18.4 Å². The molecule has 0 radical (unpaired) electrons.